The second-order valence-corrected chi connectivity index (χ2v) is 13.3. The minimum Gasteiger partial charge on any atom is -0.747 e. The fourth-order valence-corrected chi connectivity index (χ4v) is 5.54. The number of nitrogens with zero attached hydrogens (tertiary/aromatic N) is 3. The van der Waals surface area contributed by atoms with Gasteiger partial charge < -0.3 is 4.55 Å². The Labute approximate surface area is 249 Å². The smallest absolute Gasteiger partial charge is 0.350 e. The molecule has 0 aromatic rings. The van der Waals surface area contributed by atoms with Crippen molar-refractivity contribution in [2.45, 2.75) is 137 Å². The van der Waals surface area contributed by atoms with Gasteiger partial charge in [0.15, 0.2) is 0 Å². The van der Waals surface area contributed by atoms with E-state index in [-0.39, 0.29) is 5.92 Å². The number of allylic oxidation sites excluding steroid dienone is 3. The average molecular weight is 584 g/mol. The van der Waals surface area contributed by atoms with Gasteiger partial charge in [-0.15, -0.1) is 0 Å². The monoisotopic (exact) mass is 583 g/mol. The lowest BCUT2D eigenvalue weighted by Gasteiger charge is -2.35. The molecule has 0 aromatic heterocycles. The maximum Gasteiger partial charge on any atom is 0.350 e. The van der Waals surface area contributed by atoms with Gasteiger partial charge in [-0.1, -0.05) is 111 Å². The van der Waals surface area contributed by atoms with Crippen molar-refractivity contribution in [3.05, 3.63) is 24.3 Å². The highest BCUT2D eigenvalue weighted by Crippen LogP contribution is 2.30. The van der Waals surface area contributed by atoms with Gasteiger partial charge in [-0.3, -0.25) is 14.4 Å². The Morgan fingerprint density at radius 3 is 1.38 bits per heavy atom. The van der Waals surface area contributed by atoms with Gasteiger partial charge in [-0.05, 0) is 51.4 Å². The van der Waals surface area contributed by atoms with Gasteiger partial charge in [0.05, 0.1) is 44.0 Å². The molecule has 0 N–H and O–H groups in total. The van der Waals surface area contributed by atoms with Crippen molar-refractivity contribution in [2.24, 2.45) is 5.92 Å². The highest BCUT2D eigenvalue weighted by atomic mass is 32.2. The zero-order chi connectivity index (χ0) is 30.4. The van der Waals surface area contributed by atoms with Gasteiger partial charge in [-0.25, -0.2) is 8.42 Å². The topological polar surface area (TPSA) is 66.7 Å². The summed E-state index contributed by atoms with van der Waals surface area (Å²) in [4.78, 5) is 5.54. The largest absolute Gasteiger partial charge is 0.747 e. The van der Waals surface area contributed by atoms with Crippen molar-refractivity contribution >= 4 is 16.1 Å². The third-order valence-electron chi connectivity index (χ3n) is 7.92. The molecule has 0 heterocycles. The number of hydrogen-bond donors (Lipinski definition) is 0. The fourth-order valence-electron chi connectivity index (χ4n) is 4.76. The van der Waals surface area contributed by atoms with E-state index in [1.165, 1.54) is 129 Å². The lowest BCUT2D eigenvalue weighted by atomic mass is 9.91. The van der Waals surface area contributed by atoms with E-state index in [4.69, 9.17) is 0 Å². The first kappa shape index (κ1) is 38.7. The van der Waals surface area contributed by atoms with Crippen molar-refractivity contribution < 1.29 is 17.5 Å². The molecule has 0 aliphatic heterocycles. The van der Waals surface area contributed by atoms with Crippen LogP contribution in [0.4, 0.5) is 0 Å². The molecule has 0 spiro atoms. The average Bonchev–Trinajstić information content (AvgIpc) is 2.93. The molecule has 40 heavy (non-hydrogen) atoms. The maximum absolute atomic E-state index is 10.9. The first-order valence-electron chi connectivity index (χ1n) is 16.5. The molecule has 0 aromatic carbocycles. The van der Waals surface area contributed by atoms with E-state index in [0.29, 0.717) is 0 Å². The van der Waals surface area contributed by atoms with Crippen LogP contribution in [0, 0.1) is 5.92 Å². The molecule has 2 atom stereocenters. The van der Waals surface area contributed by atoms with Crippen LogP contribution in [-0.4, -0.2) is 77.3 Å². The minimum atomic E-state index is -4.26. The quantitative estimate of drug-likeness (QED) is 0.0671. The fraction of sp³-hybridized carbons (Fsp3) is 0.848. The SMILES string of the molecule is CC1C=CC=CC1(C)S(=O)(=O)[O-].CCCCN(CCCC)C(N(CCCC)CCCC)=[N+](CCCC)CCCC. The van der Waals surface area contributed by atoms with Crippen LogP contribution in [0.5, 0.6) is 0 Å². The maximum atomic E-state index is 10.9. The van der Waals surface area contributed by atoms with Crippen LogP contribution in [0.15, 0.2) is 24.3 Å². The second-order valence-electron chi connectivity index (χ2n) is 11.6. The van der Waals surface area contributed by atoms with Crippen LogP contribution in [0.25, 0.3) is 0 Å². The molecule has 7 heteroatoms. The molecular weight excluding hydrogens is 518 g/mol. The predicted molar refractivity (Wildman–Crippen MR) is 173 cm³/mol. The Kier molecular flexibility index (Phi) is 21.5. The number of guanidine groups is 1. The highest BCUT2D eigenvalue weighted by molar-refractivity contribution is 7.87. The lowest BCUT2D eigenvalue weighted by Crippen LogP contribution is -2.51. The number of rotatable bonds is 19. The normalized spacial score (nSPS) is 18.3. The molecule has 0 fully saturated rings. The molecular formula is C33H65N3O3S. The molecule has 0 saturated heterocycles. The molecule has 0 saturated carbocycles. The van der Waals surface area contributed by atoms with Gasteiger partial charge in [0.2, 0.25) is 0 Å². The van der Waals surface area contributed by atoms with Crippen LogP contribution >= 0.6 is 0 Å². The molecule has 6 nitrogen and oxygen atoms in total. The van der Waals surface area contributed by atoms with E-state index >= 15 is 0 Å². The molecule has 1 aliphatic rings. The van der Waals surface area contributed by atoms with Crippen molar-refractivity contribution in [2.75, 3.05) is 39.3 Å². The van der Waals surface area contributed by atoms with Crippen LogP contribution in [0.2, 0.25) is 0 Å². The van der Waals surface area contributed by atoms with Crippen molar-refractivity contribution in [3.8, 4) is 0 Å². The lowest BCUT2D eigenvalue weighted by molar-refractivity contribution is -0.539. The molecule has 0 radical (unpaired) electrons. The van der Waals surface area contributed by atoms with E-state index < -0.39 is 14.9 Å². The summed E-state index contributed by atoms with van der Waals surface area (Å²) in [5, 5.41) is 0. The van der Waals surface area contributed by atoms with E-state index in [1.54, 1.807) is 31.1 Å². The van der Waals surface area contributed by atoms with Crippen molar-refractivity contribution in [1.29, 1.82) is 0 Å². The molecule has 2 unspecified atom stereocenters. The summed E-state index contributed by atoms with van der Waals surface area (Å²) in [6.45, 7) is 24.4. The molecule has 0 bridgehead atoms. The van der Waals surface area contributed by atoms with Gasteiger partial charge in [-0.2, -0.15) is 0 Å². The van der Waals surface area contributed by atoms with Crippen LogP contribution in [-0.2, 0) is 10.1 Å². The molecule has 236 valence electrons. The zero-order valence-corrected chi connectivity index (χ0v) is 28.4. The standard InChI is InChI=1S/C25H54N3.C8H12O3S/c1-7-13-19-26(20-14-8-2)25(27(21-15-9-3)22-16-10-4)28(23-17-11-5)24-18-12-6;1-7-5-3-4-6-8(7,2)12(9,10)11/h7-24H2,1-6H3;3-7H,1-2H3,(H,9,10,11)/q+1;/p-1. The van der Waals surface area contributed by atoms with Crippen LogP contribution < -0.4 is 0 Å². The number of unbranched alkanes of at least 4 members (excludes halogenated alkanes) is 6. The summed E-state index contributed by atoms with van der Waals surface area (Å²) in [6.07, 6.45) is 22.0. The zero-order valence-electron chi connectivity index (χ0n) is 27.6. The Bertz CT molecular complexity index is 790. The summed E-state index contributed by atoms with van der Waals surface area (Å²) < 4.78 is 34.1. The van der Waals surface area contributed by atoms with Gasteiger partial charge in [0.1, 0.15) is 10.1 Å². The van der Waals surface area contributed by atoms with E-state index in [2.05, 4.69) is 55.9 Å². The van der Waals surface area contributed by atoms with Gasteiger partial charge in [0, 0.05) is 0 Å². The Balaban J connectivity index is 0.00000104. The van der Waals surface area contributed by atoms with Crippen molar-refractivity contribution in [3.63, 3.8) is 0 Å². The van der Waals surface area contributed by atoms with E-state index in [1.807, 2.05) is 0 Å². The van der Waals surface area contributed by atoms with Gasteiger partial charge >= 0.3 is 5.96 Å². The molecule has 1 rings (SSSR count). The first-order chi connectivity index (χ1) is 19.1. The summed E-state index contributed by atoms with van der Waals surface area (Å²) in [7, 11) is -4.26. The second kappa shape index (κ2) is 22.3. The minimum absolute atomic E-state index is 0.259. The molecule has 0 amide bonds. The van der Waals surface area contributed by atoms with E-state index in [9.17, 15) is 13.0 Å². The molecule has 1 aliphatic carbocycles. The number of hydrogen-bond acceptors (Lipinski definition) is 3. The summed E-state index contributed by atoms with van der Waals surface area (Å²) in [5.74, 6) is 1.32. The third-order valence-corrected chi connectivity index (χ3v) is 9.50. The highest BCUT2D eigenvalue weighted by Gasteiger charge is 2.35. The van der Waals surface area contributed by atoms with E-state index in [0.717, 1.165) is 0 Å². The Morgan fingerprint density at radius 1 is 0.725 bits per heavy atom. The van der Waals surface area contributed by atoms with Crippen LogP contribution in [0.3, 0.4) is 0 Å². The summed E-state index contributed by atoms with van der Waals surface area (Å²) in [5.41, 5.74) is 0. The first-order valence-corrected chi connectivity index (χ1v) is 17.9. The summed E-state index contributed by atoms with van der Waals surface area (Å²) in [6, 6.07) is 0. The van der Waals surface area contributed by atoms with Crippen LogP contribution in [0.1, 0.15) is 132 Å². The Morgan fingerprint density at radius 2 is 1.10 bits per heavy atom. The predicted octanol–water partition coefficient (Wildman–Crippen LogP) is 7.81. The summed E-state index contributed by atoms with van der Waals surface area (Å²) >= 11 is 0. The van der Waals surface area contributed by atoms with Gasteiger partial charge in [0.25, 0.3) is 0 Å². The third kappa shape index (κ3) is 14.0. The van der Waals surface area contributed by atoms with Crippen molar-refractivity contribution in [1.82, 2.24) is 9.80 Å². The Hall–Kier alpha value is -1.34.